The molecule has 126 valence electrons. The molecule has 0 radical (unpaired) electrons. The minimum absolute atomic E-state index is 0.0135. The van der Waals surface area contributed by atoms with E-state index in [0.717, 1.165) is 21.0 Å². The predicted octanol–water partition coefficient (Wildman–Crippen LogP) is 2.25. The van der Waals surface area contributed by atoms with Crippen molar-refractivity contribution < 1.29 is 13.2 Å². The van der Waals surface area contributed by atoms with E-state index < -0.39 is 22.0 Å². The van der Waals surface area contributed by atoms with E-state index in [-0.39, 0.29) is 22.9 Å². The molecule has 2 aromatic carbocycles. The molecule has 1 atom stereocenters. The molecule has 7 heteroatoms. The average Bonchev–Trinajstić information content (AvgIpc) is 2.53. The summed E-state index contributed by atoms with van der Waals surface area (Å²) in [6, 6.07) is 11.2. The summed E-state index contributed by atoms with van der Waals surface area (Å²) in [4.78, 5) is 11.9. The number of carbonyl (C=O) groups is 1. The molecular formula is C17H17ClN2O3S. The van der Waals surface area contributed by atoms with Gasteiger partial charge in [0.2, 0.25) is 15.9 Å². The number of halogens is 1. The summed E-state index contributed by atoms with van der Waals surface area (Å²) in [5.74, 6) is -0.670. The number of aryl methyl sites for hydroxylation is 1. The van der Waals surface area contributed by atoms with Gasteiger partial charge in [-0.15, -0.1) is 0 Å². The van der Waals surface area contributed by atoms with Crippen LogP contribution in [0.5, 0.6) is 0 Å². The third kappa shape index (κ3) is 2.92. The summed E-state index contributed by atoms with van der Waals surface area (Å²) in [7, 11) is -3.95. The third-order valence-electron chi connectivity index (χ3n) is 4.21. The van der Waals surface area contributed by atoms with Crippen molar-refractivity contribution in [2.45, 2.75) is 30.8 Å². The number of fused-ring (bicyclic) bond motifs is 1. The smallest absolute Gasteiger partial charge is 0.245 e. The quantitative estimate of drug-likeness (QED) is 0.907. The normalized spacial score (nSPS) is 18.2. The Hall–Kier alpha value is -1.89. The Kier molecular flexibility index (Phi) is 4.38. The fourth-order valence-electron chi connectivity index (χ4n) is 2.94. The molecule has 3 rings (SSSR count). The zero-order chi connectivity index (χ0) is 17.5. The zero-order valence-corrected chi connectivity index (χ0v) is 14.6. The molecule has 1 heterocycles. The van der Waals surface area contributed by atoms with Crippen LogP contribution < -0.4 is 5.73 Å². The van der Waals surface area contributed by atoms with Gasteiger partial charge in [-0.2, -0.15) is 4.31 Å². The lowest BCUT2D eigenvalue weighted by Crippen LogP contribution is -2.51. The molecule has 0 fully saturated rings. The molecule has 5 nitrogen and oxygen atoms in total. The highest BCUT2D eigenvalue weighted by molar-refractivity contribution is 7.89. The lowest BCUT2D eigenvalue weighted by molar-refractivity contribution is -0.122. The van der Waals surface area contributed by atoms with E-state index in [9.17, 15) is 13.2 Å². The van der Waals surface area contributed by atoms with E-state index in [0.29, 0.717) is 0 Å². The van der Waals surface area contributed by atoms with Crippen LogP contribution in [0.3, 0.4) is 0 Å². The highest BCUT2D eigenvalue weighted by Crippen LogP contribution is 2.32. The van der Waals surface area contributed by atoms with Crippen molar-refractivity contribution in [1.82, 2.24) is 4.31 Å². The molecule has 1 aliphatic rings. The third-order valence-corrected chi connectivity index (χ3v) is 6.55. The Labute approximate surface area is 146 Å². The van der Waals surface area contributed by atoms with Crippen LogP contribution in [0.4, 0.5) is 0 Å². The lowest BCUT2D eigenvalue weighted by Gasteiger charge is -2.34. The summed E-state index contributed by atoms with van der Waals surface area (Å²) in [6.45, 7) is 1.92. The molecule has 1 aliphatic heterocycles. The molecule has 0 unspecified atom stereocenters. The van der Waals surface area contributed by atoms with Crippen LogP contribution in [0.25, 0.3) is 0 Å². The monoisotopic (exact) mass is 364 g/mol. The highest BCUT2D eigenvalue weighted by atomic mass is 35.5. The summed E-state index contributed by atoms with van der Waals surface area (Å²) < 4.78 is 27.3. The first-order valence-electron chi connectivity index (χ1n) is 7.45. The van der Waals surface area contributed by atoms with Crippen molar-refractivity contribution >= 4 is 27.5 Å². The molecule has 0 spiro atoms. The summed E-state index contributed by atoms with van der Waals surface area (Å²) in [5, 5.41) is 0.136. The minimum Gasteiger partial charge on any atom is -0.368 e. The number of nitrogens with zero attached hydrogens (tertiary/aromatic N) is 1. The molecule has 24 heavy (non-hydrogen) atoms. The molecule has 0 saturated carbocycles. The van der Waals surface area contributed by atoms with Crippen LogP contribution in [0.15, 0.2) is 47.4 Å². The number of rotatable bonds is 3. The Morgan fingerprint density at radius 3 is 2.50 bits per heavy atom. The van der Waals surface area contributed by atoms with E-state index in [1.807, 2.05) is 31.2 Å². The Balaban J connectivity index is 2.10. The van der Waals surface area contributed by atoms with E-state index in [4.69, 9.17) is 17.3 Å². The topological polar surface area (TPSA) is 80.5 Å². The molecular weight excluding hydrogens is 348 g/mol. The maximum absolute atomic E-state index is 13.1. The molecule has 1 amide bonds. The van der Waals surface area contributed by atoms with E-state index in [1.165, 1.54) is 6.07 Å². The average molecular weight is 365 g/mol. The van der Waals surface area contributed by atoms with Gasteiger partial charge < -0.3 is 5.73 Å². The van der Waals surface area contributed by atoms with Crippen molar-refractivity contribution in [1.29, 1.82) is 0 Å². The van der Waals surface area contributed by atoms with Crippen LogP contribution in [0, 0.1) is 6.92 Å². The number of hydrogen-bond donors (Lipinski definition) is 1. The van der Waals surface area contributed by atoms with Crippen molar-refractivity contribution in [3.05, 3.63) is 64.2 Å². The van der Waals surface area contributed by atoms with Crippen molar-refractivity contribution in [3.8, 4) is 0 Å². The Bertz CT molecular complexity index is 912. The molecule has 2 N–H and O–H groups in total. The number of primary amides is 1. The van der Waals surface area contributed by atoms with Gasteiger partial charge in [0.15, 0.2) is 0 Å². The first-order valence-corrected chi connectivity index (χ1v) is 9.26. The lowest BCUT2D eigenvalue weighted by atomic mass is 9.96. The zero-order valence-electron chi connectivity index (χ0n) is 13.1. The second kappa shape index (κ2) is 6.20. The van der Waals surface area contributed by atoms with E-state index in [2.05, 4.69) is 0 Å². The van der Waals surface area contributed by atoms with E-state index >= 15 is 0 Å². The summed E-state index contributed by atoms with van der Waals surface area (Å²) in [6.07, 6.45) is 0.258. The molecule has 0 saturated heterocycles. The Morgan fingerprint density at radius 1 is 1.21 bits per heavy atom. The van der Waals surface area contributed by atoms with Crippen LogP contribution >= 0.6 is 11.6 Å². The van der Waals surface area contributed by atoms with Gasteiger partial charge in [0.1, 0.15) is 10.9 Å². The van der Waals surface area contributed by atoms with E-state index in [1.54, 1.807) is 12.1 Å². The van der Waals surface area contributed by atoms with Crippen LogP contribution in [-0.4, -0.2) is 24.7 Å². The maximum Gasteiger partial charge on any atom is 0.245 e. The minimum atomic E-state index is -3.95. The van der Waals surface area contributed by atoms with Gasteiger partial charge in [0, 0.05) is 6.54 Å². The number of nitrogens with two attached hydrogens (primary N) is 1. The van der Waals surface area contributed by atoms with Gasteiger partial charge in [0.25, 0.3) is 0 Å². The molecule has 0 bridgehead atoms. The number of benzene rings is 2. The summed E-state index contributed by atoms with van der Waals surface area (Å²) >= 11 is 6.14. The standard InChI is InChI=1S/C17H17ClN2O3S/c1-11-6-7-16(14(18)8-11)24(22,23)20-10-13-5-3-2-4-12(13)9-15(20)17(19)21/h2-8,15H,9-10H2,1H3,(H2,19,21)/t15-/m0/s1. The van der Waals surface area contributed by atoms with Gasteiger partial charge in [-0.05, 0) is 42.2 Å². The van der Waals surface area contributed by atoms with Crippen LogP contribution in [0.1, 0.15) is 16.7 Å². The van der Waals surface area contributed by atoms with Crippen LogP contribution in [0.2, 0.25) is 5.02 Å². The largest absolute Gasteiger partial charge is 0.368 e. The number of amides is 1. The van der Waals surface area contributed by atoms with Crippen LogP contribution in [-0.2, 0) is 27.8 Å². The number of sulfonamides is 1. The molecule has 2 aromatic rings. The van der Waals surface area contributed by atoms with Crippen molar-refractivity contribution in [2.75, 3.05) is 0 Å². The first-order chi connectivity index (χ1) is 11.3. The fourth-order valence-corrected chi connectivity index (χ4v) is 5.08. The fraction of sp³-hybridized carbons (Fsp3) is 0.235. The number of carbonyl (C=O) groups excluding carboxylic acids is 1. The van der Waals surface area contributed by atoms with Crippen molar-refractivity contribution in [2.24, 2.45) is 5.73 Å². The Morgan fingerprint density at radius 2 is 1.88 bits per heavy atom. The van der Waals surface area contributed by atoms with Gasteiger partial charge in [-0.3, -0.25) is 4.79 Å². The number of hydrogen-bond acceptors (Lipinski definition) is 3. The van der Waals surface area contributed by atoms with Crippen molar-refractivity contribution in [3.63, 3.8) is 0 Å². The molecule has 0 aliphatic carbocycles. The predicted molar refractivity (Wildman–Crippen MR) is 92.0 cm³/mol. The first kappa shape index (κ1) is 17.0. The van der Waals surface area contributed by atoms with Gasteiger partial charge in [0.05, 0.1) is 5.02 Å². The SMILES string of the molecule is Cc1ccc(S(=O)(=O)N2Cc3ccccc3C[C@H]2C(N)=O)c(Cl)c1. The molecule has 0 aromatic heterocycles. The second-order valence-electron chi connectivity index (χ2n) is 5.88. The van der Waals surface area contributed by atoms with Gasteiger partial charge >= 0.3 is 0 Å². The van der Waals surface area contributed by atoms with Gasteiger partial charge in [-0.1, -0.05) is 41.9 Å². The summed E-state index contributed by atoms with van der Waals surface area (Å²) in [5.41, 5.74) is 8.13. The van der Waals surface area contributed by atoms with Gasteiger partial charge in [-0.25, -0.2) is 8.42 Å². The maximum atomic E-state index is 13.1. The second-order valence-corrected chi connectivity index (χ2v) is 8.14. The highest BCUT2D eigenvalue weighted by Gasteiger charge is 2.39.